The third kappa shape index (κ3) is 5.38. The average molecular weight is 323 g/mol. The molecule has 1 aromatic carbocycles. The first-order valence-electron chi connectivity index (χ1n) is 7.74. The van der Waals surface area contributed by atoms with Crippen LogP contribution in [0.1, 0.15) is 22.5 Å². The maximum atomic E-state index is 12.3. The maximum Gasteiger partial charge on any atom is 0.274 e. The van der Waals surface area contributed by atoms with Crippen molar-refractivity contribution in [3.63, 3.8) is 0 Å². The van der Waals surface area contributed by atoms with Gasteiger partial charge in [-0.2, -0.15) is 5.26 Å². The molecule has 0 aliphatic carbocycles. The summed E-state index contributed by atoms with van der Waals surface area (Å²) in [5.74, 6) is -0.304. The third-order valence-corrected chi connectivity index (χ3v) is 3.35. The number of rotatable bonds is 7. The van der Waals surface area contributed by atoms with Crippen LogP contribution in [0.15, 0.2) is 42.6 Å². The number of hydrogen-bond acceptors (Lipinski definition) is 5. The van der Waals surface area contributed by atoms with Crippen LogP contribution in [0.2, 0.25) is 0 Å². The molecular weight excluding hydrogens is 302 g/mol. The van der Waals surface area contributed by atoms with Crippen molar-refractivity contribution in [3.05, 3.63) is 53.9 Å². The van der Waals surface area contributed by atoms with Crippen LogP contribution in [-0.2, 0) is 0 Å². The van der Waals surface area contributed by atoms with Gasteiger partial charge in [-0.15, -0.1) is 0 Å². The van der Waals surface area contributed by atoms with E-state index in [9.17, 15) is 4.79 Å². The van der Waals surface area contributed by atoms with Crippen LogP contribution in [0.4, 0.5) is 11.4 Å². The lowest BCUT2D eigenvalue weighted by atomic mass is 10.2. The van der Waals surface area contributed by atoms with Crippen LogP contribution < -0.4 is 10.6 Å². The molecule has 0 unspecified atom stereocenters. The highest BCUT2D eigenvalue weighted by atomic mass is 16.1. The quantitative estimate of drug-likeness (QED) is 0.765. The Morgan fingerprint density at radius 3 is 2.83 bits per heavy atom. The van der Waals surface area contributed by atoms with Crippen LogP contribution in [-0.4, -0.2) is 43.0 Å². The fourth-order valence-corrected chi connectivity index (χ4v) is 2.15. The first-order valence-corrected chi connectivity index (χ1v) is 7.74. The second kappa shape index (κ2) is 8.65. The SMILES string of the molecule is CN(C)CCCNc1ccnc(C(=O)Nc2cccc(C#N)c2)c1. The van der Waals surface area contributed by atoms with Crippen LogP contribution >= 0.6 is 0 Å². The Morgan fingerprint density at radius 2 is 2.08 bits per heavy atom. The molecule has 0 radical (unpaired) electrons. The van der Waals surface area contributed by atoms with Crippen molar-refractivity contribution >= 4 is 17.3 Å². The summed E-state index contributed by atoms with van der Waals surface area (Å²) < 4.78 is 0. The molecule has 0 bridgehead atoms. The number of pyridine rings is 1. The predicted molar refractivity (Wildman–Crippen MR) is 95.0 cm³/mol. The molecule has 2 rings (SSSR count). The molecule has 2 aromatic rings. The van der Waals surface area contributed by atoms with Gasteiger partial charge in [-0.1, -0.05) is 6.07 Å². The molecule has 6 nitrogen and oxygen atoms in total. The highest BCUT2D eigenvalue weighted by Gasteiger charge is 2.09. The zero-order valence-corrected chi connectivity index (χ0v) is 13.9. The predicted octanol–water partition coefficient (Wildman–Crippen LogP) is 2.57. The van der Waals surface area contributed by atoms with Crippen molar-refractivity contribution in [2.24, 2.45) is 0 Å². The van der Waals surface area contributed by atoms with Gasteiger partial charge in [0.25, 0.3) is 5.91 Å². The minimum absolute atomic E-state index is 0.304. The van der Waals surface area contributed by atoms with E-state index in [1.54, 1.807) is 36.5 Å². The molecule has 0 fully saturated rings. The third-order valence-electron chi connectivity index (χ3n) is 3.35. The van der Waals surface area contributed by atoms with E-state index in [0.29, 0.717) is 16.9 Å². The number of nitrogens with zero attached hydrogens (tertiary/aromatic N) is 3. The minimum Gasteiger partial charge on any atom is -0.385 e. The van der Waals surface area contributed by atoms with E-state index in [-0.39, 0.29) is 5.91 Å². The lowest BCUT2D eigenvalue weighted by molar-refractivity contribution is 0.102. The monoisotopic (exact) mass is 323 g/mol. The Bertz CT molecular complexity index is 736. The normalized spacial score (nSPS) is 10.2. The summed E-state index contributed by atoms with van der Waals surface area (Å²) in [4.78, 5) is 18.5. The Balaban J connectivity index is 1.97. The summed E-state index contributed by atoms with van der Waals surface area (Å²) in [6.45, 7) is 1.83. The topological polar surface area (TPSA) is 81.1 Å². The van der Waals surface area contributed by atoms with Crippen LogP contribution in [0.3, 0.4) is 0 Å². The average Bonchev–Trinajstić information content (AvgIpc) is 2.59. The van der Waals surface area contributed by atoms with E-state index >= 15 is 0 Å². The van der Waals surface area contributed by atoms with Gasteiger partial charge in [0.15, 0.2) is 0 Å². The Kier molecular flexibility index (Phi) is 6.29. The van der Waals surface area contributed by atoms with E-state index < -0.39 is 0 Å². The van der Waals surface area contributed by atoms with Gasteiger partial charge in [-0.05, 0) is 57.4 Å². The number of hydrogen-bond donors (Lipinski definition) is 2. The molecule has 1 amide bonds. The van der Waals surface area contributed by atoms with Crippen LogP contribution in [0, 0.1) is 11.3 Å². The number of carbonyl (C=O) groups excluding carboxylic acids is 1. The molecule has 0 atom stereocenters. The molecule has 0 aliphatic heterocycles. The lowest BCUT2D eigenvalue weighted by Crippen LogP contribution is -2.17. The number of aromatic nitrogens is 1. The standard InChI is InChI=1S/C18H21N5O/c1-23(2)10-4-8-20-15-7-9-21-17(12-15)18(24)22-16-6-3-5-14(11-16)13-19/h3,5-7,9,11-12H,4,8,10H2,1-2H3,(H,20,21)(H,22,24). The fourth-order valence-electron chi connectivity index (χ4n) is 2.15. The van der Waals surface area contributed by atoms with E-state index in [4.69, 9.17) is 5.26 Å². The van der Waals surface area contributed by atoms with Crippen molar-refractivity contribution < 1.29 is 4.79 Å². The van der Waals surface area contributed by atoms with E-state index in [0.717, 1.165) is 25.2 Å². The van der Waals surface area contributed by atoms with Crippen LogP contribution in [0.5, 0.6) is 0 Å². The Labute approximate surface area is 142 Å². The molecule has 24 heavy (non-hydrogen) atoms. The van der Waals surface area contributed by atoms with Crippen molar-refractivity contribution in [3.8, 4) is 6.07 Å². The van der Waals surface area contributed by atoms with Crippen molar-refractivity contribution in [1.82, 2.24) is 9.88 Å². The lowest BCUT2D eigenvalue weighted by Gasteiger charge is -2.11. The molecule has 6 heteroatoms. The molecule has 124 valence electrons. The largest absolute Gasteiger partial charge is 0.385 e. The first-order chi connectivity index (χ1) is 11.6. The fraction of sp³-hybridized carbons (Fsp3) is 0.278. The zero-order chi connectivity index (χ0) is 17.4. The Hall–Kier alpha value is -2.91. The number of nitriles is 1. The first kappa shape index (κ1) is 17.4. The molecular formula is C18H21N5O. The summed E-state index contributed by atoms with van der Waals surface area (Å²) >= 11 is 0. The van der Waals surface area contributed by atoms with Gasteiger partial charge in [0.05, 0.1) is 11.6 Å². The molecule has 1 heterocycles. The van der Waals surface area contributed by atoms with Gasteiger partial charge < -0.3 is 15.5 Å². The Morgan fingerprint density at radius 1 is 1.25 bits per heavy atom. The van der Waals surface area contributed by atoms with E-state index in [2.05, 4.69) is 20.5 Å². The molecule has 2 N–H and O–H groups in total. The molecule has 0 aliphatic rings. The summed E-state index contributed by atoms with van der Waals surface area (Å²) in [6, 6.07) is 12.4. The zero-order valence-electron chi connectivity index (χ0n) is 13.9. The smallest absolute Gasteiger partial charge is 0.274 e. The van der Waals surface area contributed by atoms with Crippen molar-refractivity contribution in [2.75, 3.05) is 37.8 Å². The number of benzene rings is 1. The molecule has 1 aromatic heterocycles. The highest BCUT2D eigenvalue weighted by molar-refractivity contribution is 6.03. The minimum atomic E-state index is -0.304. The molecule has 0 spiro atoms. The number of carbonyl (C=O) groups is 1. The van der Waals surface area contributed by atoms with E-state index in [1.165, 1.54) is 0 Å². The summed E-state index contributed by atoms with van der Waals surface area (Å²) in [5.41, 5.74) is 2.26. The summed E-state index contributed by atoms with van der Waals surface area (Å²) in [6.07, 6.45) is 2.62. The van der Waals surface area contributed by atoms with Gasteiger partial charge in [0, 0.05) is 24.1 Å². The van der Waals surface area contributed by atoms with Gasteiger partial charge in [-0.25, -0.2) is 0 Å². The summed E-state index contributed by atoms with van der Waals surface area (Å²) in [7, 11) is 4.08. The van der Waals surface area contributed by atoms with Gasteiger partial charge >= 0.3 is 0 Å². The second-order valence-corrected chi connectivity index (χ2v) is 5.66. The van der Waals surface area contributed by atoms with E-state index in [1.807, 2.05) is 26.2 Å². The number of nitrogens with one attached hydrogen (secondary N) is 2. The van der Waals surface area contributed by atoms with Gasteiger partial charge in [-0.3, -0.25) is 9.78 Å². The number of anilines is 2. The van der Waals surface area contributed by atoms with Crippen LogP contribution in [0.25, 0.3) is 0 Å². The van der Waals surface area contributed by atoms with Gasteiger partial charge in [0.1, 0.15) is 5.69 Å². The highest BCUT2D eigenvalue weighted by Crippen LogP contribution is 2.13. The molecule has 0 saturated heterocycles. The van der Waals surface area contributed by atoms with Crippen molar-refractivity contribution in [2.45, 2.75) is 6.42 Å². The number of amides is 1. The second-order valence-electron chi connectivity index (χ2n) is 5.66. The van der Waals surface area contributed by atoms with Gasteiger partial charge in [0.2, 0.25) is 0 Å². The maximum absolute atomic E-state index is 12.3. The van der Waals surface area contributed by atoms with Crippen molar-refractivity contribution in [1.29, 1.82) is 5.26 Å². The summed E-state index contributed by atoms with van der Waals surface area (Å²) in [5, 5.41) is 14.9. The molecule has 0 saturated carbocycles.